The summed E-state index contributed by atoms with van der Waals surface area (Å²) in [5, 5.41) is 33.2. The zero-order valence-corrected chi connectivity index (χ0v) is 18.9. The van der Waals surface area contributed by atoms with E-state index >= 15 is 0 Å². The standard InChI is InChI=1S/C26H16N4O4S/c31-29(32)23-15-7-5-11-19(23)17-9-1-3-13-21(17)25-27-28-26(35-25)22-14-4-2-10-18(22)20-12-6-8-16-24(20)30(33)34/h1-16H. The fourth-order valence-corrected chi connectivity index (χ4v) is 4.89. The number of para-hydroxylation sites is 2. The molecule has 0 unspecified atom stereocenters. The second kappa shape index (κ2) is 9.24. The summed E-state index contributed by atoms with van der Waals surface area (Å²) < 4.78 is 0. The lowest BCUT2D eigenvalue weighted by molar-refractivity contribution is -0.384. The molecule has 0 fully saturated rings. The Kier molecular flexibility index (Phi) is 5.82. The molecule has 1 aromatic heterocycles. The molecule has 0 aliphatic heterocycles. The average Bonchev–Trinajstić information content (AvgIpc) is 3.39. The van der Waals surface area contributed by atoms with Crippen LogP contribution in [-0.2, 0) is 0 Å². The molecule has 8 nitrogen and oxygen atoms in total. The first kappa shape index (κ1) is 22.1. The summed E-state index contributed by atoms with van der Waals surface area (Å²) in [6.45, 7) is 0. The maximum Gasteiger partial charge on any atom is 0.277 e. The molecule has 5 aromatic rings. The Balaban J connectivity index is 1.63. The van der Waals surface area contributed by atoms with Gasteiger partial charge in [0.2, 0.25) is 0 Å². The van der Waals surface area contributed by atoms with Crippen LogP contribution in [0, 0.1) is 20.2 Å². The van der Waals surface area contributed by atoms with Gasteiger partial charge < -0.3 is 0 Å². The van der Waals surface area contributed by atoms with Crippen molar-refractivity contribution in [2.75, 3.05) is 0 Å². The van der Waals surface area contributed by atoms with Crippen molar-refractivity contribution in [3.05, 3.63) is 117 Å². The highest BCUT2D eigenvalue weighted by Gasteiger charge is 2.22. The van der Waals surface area contributed by atoms with E-state index in [-0.39, 0.29) is 11.4 Å². The van der Waals surface area contributed by atoms with Gasteiger partial charge in [0, 0.05) is 23.3 Å². The Morgan fingerprint density at radius 2 is 0.800 bits per heavy atom. The largest absolute Gasteiger partial charge is 0.277 e. The van der Waals surface area contributed by atoms with Gasteiger partial charge in [-0.2, -0.15) is 0 Å². The third-order valence-electron chi connectivity index (χ3n) is 5.52. The summed E-state index contributed by atoms with van der Waals surface area (Å²) in [7, 11) is 0. The number of rotatable bonds is 6. The van der Waals surface area contributed by atoms with Crippen LogP contribution in [0.25, 0.3) is 43.4 Å². The Labute approximate surface area is 203 Å². The lowest BCUT2D eigenvalue weighted by Gasteiger charge is -2.08. The fourth-order valence-electron chi connectivity index (χ4n) is 3.97. The van der Waals surface area contributed by atoms with Crippen LogP contribution in [0.1, 0.15) is 0 Å². The minimum Gasteiger partial charge on any atom is -0.258 e. The van der Waals surface area contributed by atoms with E-state index in [1.165, 1.54) is 23.5 Å². The van der Waals surface area contributed by atoms with Gasteiger partial charge in [0.1, 0.15) is 10.0 Å². The minimum atomic E-state index is -0.402. The van der Waals surface area contributed by atoms with E-state index in [1.807, 2.05) is 48.5 Å². The monoisotopic (exact) mass is 480 g/mol. The van der Waals surface area contributed by atoms with Crippen molar-refractivity contribution in [1.29, 1.82) is 0 Å². The van der Waals surface area contributed by atoms with Crippen LogP contribution in [0.5, 0.6) is 0 Å². The lowest BCUT2D eigenvalue weighted by atomic mass is 9.98. The highest BCUT2D eigenvalue weighted by atomic mass is 32.1. The first-order chi connectivity index (χ1) is 17.0. The number of nitro groups is 2. The summed E-state index contributed by atoms with van der Waals surface area (Å²) in [4.78, 5) is 22.4. The van der Waals surface area contributed by atoms with E-state index in [0.717, 1.165) is 0 Å². The second-order valence-corrected chi connectivity index (χ2v) is 8.53. The van der Waals surface area contributed by atoms with Gasteiger partial charge in [0.15, 0.2) is 0 Å². The summed E-state index contributed by atoms with van der Waals surface area (Å²) in [6, 6.07) is 27.8. The summed E-state index contributed by atoms with van der Waals surface area (Å²) in [5.41, 5.74) is 3.78. The fraction of sp³-hybridized carbons (Fsp3) is 0. The van der Waals surface area contributed by atoms with Gasteiger partial charge in [-0.1, -0.05) is 84.1 Å². The van der Waals surface area contributed by atoms with Crippen molar-refractivity contribution in [3.63, 3.8) is 0 Å². The predicted molar refractivity (Wildman–Crippen MR) is 135 cm³/mol. The number of benzene rings is 4. The van der Waals surface area contributed by atoms with Crippen LogP contribution in [0.4, 0.5) is 11.4 Å². The van der Waals surface area contributed by atoms with Crippen molar-refractivity contribution in [1.82, 2.24) is 10.2 Å². The molecule has 9 heteroatoms. The van der Waals surface area contributed by atoms with Crippen LogP contribution in [0.2, 0.25) is 0 Å². The minimum absolute atomic E-state index is 0.00595. The molecule has 0 N–H and O–H groups in total. The Morgan fingerprint density at radius 1 is 0.486 bits per heavy atom. The average molecular weight is 481 g/mol. The molecule has 35 heavy (non-hydrogen) atoms. The molecule has 1 heterocycles. The second-order valence-electron chi connectivity index (χ2n) is 7.55. The Bertz CT molecular complexity index is 1470. The van der Waals surface area contributed by atoms with E-state index < -0.39 is 9.85 Å². The van der Waals surface area contributed by atoms with Gasteiger partial charge >= 0.3 is 0 Å². The van der Waals surface area contributed by atoms with Crippen LogP contribution in [0.3, 0.4) is 0 Å². The number of aromatic nitrogens is 2. The van der Waals surface area contributed by atoms with Gasteiger partial charge in [-0.15, -0.1) is 10.2 Å². The van der Waals surface area contributed by atoms with E-state index in [9.17, 15) is 20.2 Å². The third-order valence-corrected chi connectivity index (χ3v) is 6.51. The van der Waals surface area contributed by atoms with Gasteiger partial charge in [-0.3, -0.25) is 20.2 Å². The van der Waals surface area contributed by atoms with Gasteiger partial charge in [0.25, 0.3) is 11.4 Å². The first-order valence-corrected chi connectivity index (χ1v) is 11.4. The van der Waals surface area contributed by atoms with Gasteiger partial charge in [-0.05, 0) is 23.3 Å². The van der Waals surface area contributed by atoms with E-state index in [1.54, 1.807) is 36.4 Å². The number of hydrogen-bond acceptors (Lipinski definition) is 7. The van der Waals surface area contributed by atoms with Crippen LogP contribution < -0.4 is 0 Å². The number of hydrogen-bond donors (Lipinski definition) is 0. The SMILES string of the molecule is O=[N+]([O-])c1ccccc1-c1ccccc1-c1nnc(-c2ccccc2-c2ccccc2[N+](=O)[O-])s1. The van der Waals surface area contributed by atoms with Crippen LogP contribution in [0.15, 0.2) is 97.1 Å². The van der Waals surface area contributed by atoms with Crippen LogP contribution in [-0.4, -0.2) is 20.0 Å². The summed E-state index contributed by atoms with van der Waals surface area (Å²) >= 11 is 1.32. The first-order valence-electron chi connectivity index (χ1n) is 10.5. The van der Waals surface area contributed by atoms with E-state index in [2.05, 4.69) is 10.2 Å². The quantitative estimate of drug-likeness (QED) is 0.191. The molecule has 0 atom stereocenters. The molecule has 5 rings (SSSR count). The molecular formula is C26H16N4O4S. The normalized spacial score (nSPS) is 10.7. The summed E-state index contributed by atoms with van der Waals surface area (Å²) in [5.74, 6) is 0. The Morgan fingerprint density at radius 3 is 1.17 bits per heavy atom. The van der Waals surface area contributed by atoms with Crippen molar-refractivity contribution in [2.45, 2.75) is 0 Å². The highest BCUT2D eigenvalue weighted by molar-refractivity contribution is 7.18. The van der Waals surface area contributed by atoms with Crippen LogP contribution >= 0.6 is 11.3 Å². The Hall–Kier alpha value is -4.76. The lowest BCUT2D eigenvalue weighted by Crippen LogP contribution is -1.93. The molecule has 170 valence electrons. The van der Waals surface area contributed by atoms with Crippen molar-refractivity contribution in [3.8, 4) is 43.4 Å². The molecule has 0 aliphatic rings. The van der Waals surface area contributed by atoms with Crippen molar-refractivity contribution < 1.29 is 9.85 Å². The molecule has 0 bridgehead atoms. The third kappa shape index (κ3) is 4.16. The molecule has 0 saturated heterocycles. The zero-order chi connectivity index (χ0) is 24.4. The molecule has 0 radical (unpaired) electrons. The molecule has 0 spiro atoms. The topological polar surface area (TPSA) is 112 Å². The molecule has 0 aliphatic carbocycles. The molecular weight excluding hydrogens is 464 g/mol. The van der Waals surface area contributed by atoms with E-state index in [4.69, 9.17) is 0 Å². The maximum absolute atomic E-state index is 11.6. The molecule has 0 amide bonds. The maximum atomic E-state index is 11.6. The van der Waals surface area contributed by atoms with Crippen molar-refractivity contribution >= 4 is 22.7 Å². The highest BCUT2D eigenvalue weighted by Crippen LogP contribution is 2.42. The van der Waals surface area contributed by atoms with Gasteiger partial charge in [-0.25, -0.2) is 0 Å². The summed E-state index contributed by atoms with van der Waals surface area (Å²) in [6.07, 6.45) is 0. The van der Waals surface area contributed by atoms with Gasteiger partial charge in [0.05, 0.1) is 21.0 Å². The predicted octanol–water partition coefficient (Wildman–Crippen LogP) is 7.02. The number of nitrogens with zero attached hydrogens (tertiary/aromatic N) is 4. The number of nitro benzene ring substituents is 2. The molecule has 0 saturated carbocycles. The van der Waals surface area contributed by atoms with Crippen molar-refractivity contribution in [2.24, 2.45) is 0 Å². The zero-order valence-electron chi connectivity index (χ0n) is 18.1. The smallest absolute Gasteiger partial charge is 0.258 e. The van der Waals surface area contributed by atoms with E-state index in [0.29, 0.717) is 43.4 Å². The molecule has 4 aromatic carbocycles.